The Morgan fingerprint density at radius 3 is 2.38 bits per heavy atom. The lowest BCUT2D eigenvalue weighted by molar-refractivity contribution is 1.06. The molecule has 0 radical (unpaired) electrons. The predicted octanol–water partition coefficient (Wildman–Crippen LogP) is 0.128. The van der Waals surface area contributed by atoms with Gasteiger partial charge in [0.1, 0.15) is 12.7 Å². The van der Waals surface area contributed by atoms with E-state index in [0.29, 0.717) is 5.95 Å². The van der Waals surface area contributed by atoms with Gasteiger partial charge >= 0.3 is 0 Å². The number of nitrogens with zero attached hydrogens (tertiary/aromatic N) is 3. The van der Waals surface area contributed by atoms with Crippen LogP contribution in [0.2, 0.25) is 0 Å². The number of hydrogen-bond acceptors (Lipinski definition) is 5. The van der Waals surface area contributed by atoms with Crippen LogP contribution in [0.25, 0.3) is 0 Å². The highest BCUT2D eigenvalue weighted by molar-refractivity contribution is 7.81. The number of thiol groups is 1. The maximum atomic E-state index is 3.71. The van der Waals surface area contributed by atoms with E-state index in [-0.39, 0.29) is 0 Å². The molecular weight excluding hydrogens is 124 g/mol. The van der Waals surface area contributed by atoms with Gasteiger partial charge in [-0.3, -0.25) is 0 Å². The molecule has 1 aromatic rings. The summed E-state index contributed by atoms with van der Waals surface area (Å²) in [5.74, 6) is 0.461. The quantitative estimate of drug-likeness (QED) is 0.528. The maximum absolute atomic E-state index is 3.71. The molecule has 0 amide bonds. The Morgan fingerprint density at radius 1 is 1.38 bits per heavy atom. The average molecular weight is 128 g/mol. The molecule has 0 aromatic carbocycles. The minimum Gasteiger partial charge on any atom is -0.301 e. The summed E-state index contributed by atoms with van der Waals surface area (Å²) in [6.45, 7) is 0. The third-order valence-electron chi connectivity index (χ3n) is 0.593. The fourth-order valence-electron chi connectivity index (χ4n) is 0.297. The molecule has 0 unspecified atom stereocenters. The molecule has 5 heteroatoms. The molecular formula is C3H4N4S. The smallest absolute Gasteiger partial charge is 0.235 e. The van der Waals surface area contributed by atoms with E-state index in [4.69, 9.17) is 0 Å². The van der Waals surface area contributed by atoms with Crippen LogP contribution in [0.15, 0.2) is 12.7 Å². The molecule has 1 N–H and O–H groups in total. The standard InChI is InChI=1S/C3H4N4S/c8-7-3-5-1-4-2-6-3/h1-2,8H,(H,4,5,6,7). The Kier molecular flexibility index (Phi) is 1.63. The third-order valence-corrected chi connectivity index (χ3v) is 0.793. The summed E-state index contributed by atoms with van der Waals surface area (Å²) in [4.78, 5) is 11.0. The van der Waals surface area contributed by atoms with Crippen molar-refractivity contribution in [3.8, 4) is 0 Å². The molecule has 0 bridgehead atoms. The van der Waals surface area contributed by atoms with Crippen molar-refractivity contribution in [1.29, 1.82) is 0 Å². The third kappa shape index (κ3) is 1.06. The molecule has 0 saturated carbocycles. The number of aromatic nitrogens is 3. The van der Waals surface area contributed by atoms with Crippen molar-refractivity contribution in [2.24, 2.45) is 0 Å². The van der Waals surface area contributed by atoms with Crippen LogP contribution in [0, 0.1) is 0 Å². The van der Waals surface area contributed by atoms with E-state index < -0.39 is 0 Å². The SMILES string of the molecule is SNc1ncncn1. The highest BCUT2D eigenvalue weighted by atomic mass is 32.1. The minimum atomic E-state index is 0.461. The molecule has 1 heterocycles. The molecule has 0 aliphatic heterocycles. The molecule has 0 spiro atoms. The molecule has 8 heavy (non-hydrogen) atoms. The molecule has 1 rings (SSSR count). The van der Waals surface area contributed by atoms with Crippen LogP contribution in [0.5, 0.6) is 0 Å². The monoisotopic (exact) mass is 128 g/mol. The van der Waals surface area contributed by atoms with Crippen molar-refractivity contribution >= 4 is 18.8 Å². The van der Waals surface area contributed by atoms with Crippen molar-refractivity contribution < 1.29 is 0 Å². The molecule has 42 valence electrons. The van der Waals surface area contributed by atoms with Crippen LogP contribution in [0.1, 0.15) is 0 Å². The van der Waals surface area contributed by atoms with Crippen molar-refractivity contribution in [2.75, 3.05) is 4.72 Å². The molecule has 0 saturated heterocycles. The van der Waals surface area contributed by atoms with E-state index in [1.807, 2.05) is 0 Å². The van der Waals surface area contributed by atoms with E-state index in [9.17, 15) is 0 Å². The zero-order valence-electron chi connectivity index (χ0n) is 3.94. The Morgan fingerprint density at radius 2 is 2.00 bits per heavy atom. The van der Waals surface area contributed by atoms with Crippen LogP contribution in [0.3, 0.4) is 0 Å². The van der Waals surface area contributed by atoms with Crippen LogP contribution in [-0.2, 0) is 0 Å². The number of nitrogens with one attached hydrogen (secondary N) is 1. The fraction of sp³-hybridized carbons (Fsp3) is 0. The summed E-state index contributed by atoms with van der Waals surface area (Å²) in [5.41, 5.74) is 0. The second kappa shape index (κ2) is 2.46. The summed E-state index contributed by atoms with van der Waals surface area (Å²) in [5, 5.41) is 0. The molecule has 0 aliphatic rings. The first-order valence-electron chi connectivity index (χ1n) is 1.95. The molecule has 0 atom stereocenters. The van der Waals surface area contributed by atoms with Gasteiger partial charge in [0.25, 0.3) is 0 Å². The molecule has 0 fully saturated rings. The first-order valence-corrected chi connectivity index (χ1v) is 2.40. The topological polar surface area (TPSA) is 50.7 Å². The van der Waals surface area contributed by atoms with Gasteiger partial charge in [-0.25, -0.2) is 15.0 Å². The Balaban J connectivity index is 2.83. The minimum absolute atomic E-state index is 0.461. The van der Waals surface area contributed by atoms with Gasteiger partial charge in [-0.2, -0.15) is 0 Å². The van der Waals surface area contributed by atoms with Gasteiger partial charge < -0.3 is 4.72 Å². The predicted molar refractivity (Wildman–Crippen MR) is 32.4 cm³/mol. The van der Waals surface area contributed by atoms with Gasteiger partial charge in [-0.15, -0.1) is 0 Å². The summed E-state index contributed by atoms with van der Waals surface area (Å²) >= 11 is 3.71. The van der Waals surface area contributed by atoms with Gasteiger partial charge in [0, 0.05) is 0 Å². The summed E-state index contributed by atoms with van der Waals surface area (Å²) in [6.07, 6.45) is 2.79. The molecule has 4 nitrogen and oxygen atoms in total. The van der Waals surface area contributed by atoms with Gasteiger partial charge in [-0.05, 0) is 0 Å². The zero-order chi connectivity index (χ0) is 5.82. The maximum Gasteiger partial charge on any atom is 0.235 e. The molecule has 1 aromatic heterocycles. The highest BCUT2D eigenvalue weighted by Gasteiger charge is 1.83. The van der Waals surface area contributed by atoms with E-state index in [2.05, 4.69) is 32.5 Å². The van der Waals surface area contributed by atoms with Crippen LogP contribution in [0.4, 0.5) is 5.95 Å². The van der Waals surface area contributed by atoms with Crippen LogP contribution < -0.4 is 4.72 Å². The summed E-state index contributed by atoms with van der Waals surface area (Å²) in [6, 6.07) is 0. The van der Waals surface area contributed by atoms with Gasteiger partial charge in [-0.1, -0.05) is 12.8 Å². The normalized spacial score (nSPS) is 8.62. The fourth-order valence-corrected chi connectivity index (χ4v) is 0.412. The lowest BCUT2D eigenvalue weighted by Gasteiger charge is -1.89. The Bertz CT molecular complexity index is 153. The zero-order valence-corrected chi connectivity index (χ0v) is 4.84. The first-order chi connectivity index (χ1) is 3.93. The van der Waals surface area contributed by atoms with Crippen LogP contribution in [-0.4, -0.2) is 15.0 Å². The van der Waals surface area contributed by atoms with Crippen molar-refractivity contribution in [3.63, 3.8) is 0 Å². The lowest BCUT2D eigenvalue weighted by atomic mass is 11.0. The van der Waals surface area contributed by atoms with Crippen molar-refractivity contribution in [2.45, 2.75) is 0 Å². The van der Waals surface area contributed by atoms with Gasteiger partial charge in [0.2, 0.25) is 5.95 Å². The first kappa shape index (κ1) is 5.30. The lowest BCUT2D eigenvalue weighted by Crippen LogP contribution is -1.89. The number of rotatable bonds is 1. The largest absolute Gasteiger partial charge is 0.301 e. The van der Waals surface area contributed by atoms with E-state index >= 15 is 0 Å². The summed E-state index contributed by atoms with van der Waals surface area (Å²) < 4.78 is 2.46. The second-order valence-corrected chi connectivity index (χ2v) is 1.30. The number of hydrogen-bond donors (Lipinski definition) is 2. The van der Waals surface area contributed by atoms with Crippen LogP contribution >= 0.6 is 12.8 Å². The summed E-state index contributed by atoms with van der Waals surface area (Å²) in [7, 11) is 0. The Labute approximate surface area is 51.9 Å². The van der Waals surface area contributed by atoms with E-state index in [1.54, 1.807) is 0 Å². The second-order valence-electron chi connectivity index (χ2n) is 1.07. The molecule has 0 aliphatic carbocycles. The van der Waals surface area contributed by atoms with Gasteiger partial charge in [0.05, 0.1) is 0 Å². The van der Waals surface area contributed by atoms with Crippen molar-refractivity contribution in [1.82, 2.24) is 15.0 Å². The Hall–Kier alpha value is -0.840. The average Bonchev–Trinajstić information content (AvgIpc) is 1.90. The van der Waals surface area contributed by atoms with E-state index in [1.165, 1.54) is 12.7 Å². The highest BCUT2D eigenvalue weighted by Crippen LogP contribution is 1.90. The van der Waals surface area contributed by atoms with E-state index in [0.717, 1.165) is 0 Å². The van der Waals surface area contributed by atoms with Gasteiger partial charge in [0.15, 0.2) is 0 Å². The number of anilines is 1. The van der Waals surface area contributed by atoms with Crippen molar-refractivity contribution in [3.05, 3.63) is 12.7 Å².